The van der Waals surface area contributed by atoms with Gasteiger partial charge in [0, 0.05) is 18.0 Å². The molecular weight excluding hydrogens is 328 g/mol. The number of aromatic nitrogens is 1. The second-order valence-electron chi connectivity index (χ2n) is 5.97. The Morgan fingerprint density at radius 2 is 1.92 bits per heavy atom. The highest BCUT2D eigenvalue weighted by Crippen LogP contribution is 2.31. The molecule has 0 radical (unpaired) electrons. The molecule has 134 valence electrons. The Labute approximate surface area is 152 Å². The summed E-state index contributed by atoms with van der Waals surface area (Å²) >= 11 is 0. The first-order valence-electron chi connectivity index (χ1n) is 8.44. The third-order valence-electron chi connectivity index (χ3n) is 4.35. The first-order valence-corrected chi connectivity index (χ1v) is 8.44. The van der Waals surface area contributed by atoms with Crippen molar-refractivity contribution in [2.75, 3.05) is 6.61 Å². The first-order chi connectivity index (χ1) is 12.5. The number of hydrogen-bond donors (Lipinski definition) is 3. The highest BCUT2D eigenvalue weighted by atomic mass is 16.5. The molecule has 0 aliphatic carbocycles. The summed E-state index contributed by atoms with van der Waals surface area (Å²) in [6.07, 6.45) is 0. The molecule has 0 amide bonds. The van der Waals surface area contributed by atoms with Gasteiger partial charge in [0.1, 0.15) is 0 Å². The summed E-state index contributed by atoms with van der Waals surface area (Å²) in [6, 6.07) is 16.1. The quantitative estimate of drug-likeness (QED) is 0.375. The molecule has 0 fully saturated rings. The highest BCUT2D eigenvalue weighted by molar-refractivity contribution is 6.07. The molecule has 6 nitrogen and oxygen atoms in total. The molecule has 0 aliphatic heterocycles. The summed E-state index contributed by atoms with van der Waals surface area (Å²) in [4.78, 5) is 12.6. The van der Waals surface area contributed by atoms with E-state index in [4.69, 9.17) is 15.9 Å². The minimum atomic E-state index is -0.372. The fraction of sp³-hybridized carbons (Fsp3) is 0.200. The molecule has 0 atom stereocenters. The average molecular weight is 350 g/mol. The van der Waals surface area contributed by atoms with E-state index < -0.39 is 0 Å². The number of nitrogens with one attached hydrogen (secondary N) is 2. The molecule has 3 aromatic rings. The largest absolute Gasteiger partial charge is 0.462 e. The number of guanidine groups is 1. The lowest BCUT2D eigenvalue weighted by Gasteiger charge is -2.09. The summed E-state index contributed by atoms with van der Waals surface area (Å²) < 4.78 is 7.21. The van der Waals surface area contributed by atoms with E-state index in [0.29, 0.717) is 12.2 Å². The Balaban J connectivity index is 2.19. The maximum absolute atomic E-state index is 12.6. The maximum Gasteiger partial charge on any atom is 0.340 e. The Hall–Kier alpha value is -3.28. The van der Waals surface area contributed by atoms with Crippen molar-refractivity contribution >= 4 is 22.8 Å². The second-order valence-corrected chi connectivity index (χ2v) is 5.97. The van der Waals surface area contributed by atoms with Gasteiger partial charge in [0.05, 0.1) is 24.4 Å². The fourth-order valence-corrected chi connectivity index (χ4v) is 3.12. The van der Waals surface area contributed by atoms with Crippen LogP contribution in [0.4, 0.5) is 0 Å². The van der Waals surface area contributed by atoms with Crippen LogP contribution in [0, 0.1) is 5.41 Å². The minimum Gasteiger partial charge on any atom is -0.462 e. The van der Waals surface area contributed by atoms with E-state index >= 15 is 0 Å². The Morgan fingerprint density at radius 1 is 1.19 bits per heavy atom. The molecule has 6 heteroatoms. The number of nitrogens with zero attached hydrogens (tertiary/aromatic N) is 1. The summed E-state index contributed by atoms with van der Waals surface area (Å²) in [6.45, 7) is 2.36. The van der Waals surface area contributed by atoms with Gasteiger partial charge < -0.3 is 20.4 Å². The van der Waals surface area contributed by atoms with Gasteiger partial charge in [0.2, 0.25) is 0 Å². The smallest absolute Gasteiger partial charge is 0.340 e. The van der Waals surface area contributed by atoms with Crippen molar-refractivity contribution in [1.29, 1.82) is 5.41 Å². The molecule has 0 unspecified atom stereocenters. The predicted octanol–water partition coefficient (Wildman–Crippen LogP) is 3.01. The van der Waals surface area contributed by atoms with E-state index in [1.165, 1.54) is 0 Å². The van der Waals surface area contributed by atoms with Gasteiger partial charge in [-0.25, -0.2) is 4.79 Å². The summed E-state index contributed by atoms with van der Waals surface area (Å²) in [5.74, 6) is -0.515. The summed E-state index contributed by atoms with van der Waals surface area (Å²) in [5, 5.41) is 11.0. The lowest BCUT2D eigenvalue weighted by Crippen LogP contribution is -2.31. The van der Waals surface area contributed by atoms with Crippen LogP contribution in [0.2, 0.25) is 0 Å². The number of ether oxygens (including phenoxy) is 1. The lowest BCUT2D eigenvalue weighted by atomic mass is 10.0. The molecule has 0 aliphatic rings. The number of esters is 1. The number of nitrogens with two attached hydrogens (primary N) is 1. The number of aryl methyl sites for hydroxylation is 1. The molecular formula is C20H22N4O2. The zero-order valence-corrected chi connectivity index (χ0v) is 14.9. The van der Waals surface area contributed by atoms with Crippen LogP contribution in [0.1, 0.15) is 23.0 Å². The van der Waals surface area contributed by atoms with Gasteiger partial charge in [-0.3, -0.25) is 5.41 Å². The summed E-state index contributed by atoms with van der Waals surface area (Å²) in [7, 11) is 1.89. The van der Waals surface area contributed by atoms with Crippen molar-refractivity contribution < 1.29 is 9.53 Å². The van der Waals surface area contributed by atoms with Crippen LogP contribution < -0.4 is 11.1 Å². The zero-order valence-electron chi connectivity index (χ0n) is 14.9. The minimum absolute atomic E-state index is 0.143. The third kappa shape index (κ3) is 3.26. The molecule has 0 bridgehead atoms. The summed E-state index contributed by atoms with van der Waals surface area (Å²) in [5.41, 5.74) is 9.69. The van der Waals surface area contributed by atoms with Crippen molar-refractivity contribution in [1.82, 2.24) is 9.88 Å². The molecule has 3 rings (SSSR count). The van der Waals surface area contributed by atoms with Crippen molar-refractivity contribution in [2.45, 2.75) is 13.5 Å². The molecule has 0 saturated heterocycles. The van der Waals surface area contributed by atoms with Crippen LogP contribution in [-0.4, -0.2) is 23.1 Å². The van der Waals surface area contributed by atoms with Gasteiger partial charge in [0.15, 0.2) is 5.96 Å². The van der Waals surface area contributed by atoms with Crippen molar-refractivity contribution in [3.8, 4) is 11.1 Å². The van der Waals surface area contributed by atoms with Crippen LogP contribution in [0.25, 0.3) is 22.0 Å². The fourth-order valence-electron chi connectivity index (χ4n) is 3.12. The molecule has 1 aromatic heterocycles. The molecule has 26 heavy (non-hydrogen) atoms. The number of carbonyl (C=O) groups is 1. The third-order valence-corrected chi connectivity index (χ3v) is 4.35. The number of fused-ring (bicyclic) bond motifs is 1. The number of rotatable bonds is 5. The highest BCUT2D eigenvalue weighted by Gasteiger charge is 2.22. The van der Waals surface area contributed by atoms with E-state index in [9.17, 15) is 4.79 Å². The number of carbonyl (C=O) groups excluding carboxylic acids is 1. The molecule has 0 saturated carbocycles. The van der Waals surface area contributed by atoms with Crippen molar-refractivity contribution in [3.63, 3.8) is 0 Å². The van der Waals surface area contributed by atoms with E-state index in [0.717, 1.165) is 27.7 Å². The lowest BCUT2D eigenvalue weighted by molar-refractivity contribution is 0.0527. The Kier molecular flexibility index (Phi) is 4.93. The average Bonchev–Trinajstić information content (AvgIpc) is 2.92. The van der Waals surface area contributed by atoms with Gasteiger partial charge in [0.25, 0.3) is 0 Å². The Bertz CT molecular complexity index is 961. The topological polar surface area (TPSA) is 93.1 Å². The van der Waals surface area contributed by atoms with Gasteiger partial charge in [-0.15, -0.1) is 0 Å². The van der Waals surface area contributed by atoms with Crippen LogP contribution in [0.15, 0.2) is 48.5 Å². The predicted molar refractivity (Wildman–Crippen MR) is 103 cm³/mol. The van der Waals surface area contributed by atoms with E-state index in [2.05, 4.69) is 5.32 Å². The van der Waals surface area contributed by atoms with Crippen LogP contribution in [0.3, 0.4) is 0 Å². The SMILES string of the molecule is CCOC(=O)c1c(CNC(=N)N)n(C)c2ccc(-c3ccccc3)cc12. The van der Waals surface area contributed by atoms with Crippen LogP contribution >= 0.6 is 0 Å². The maximum atomic E-state index is 12.6. The van der Waals surface area contributed by atoms with Crippen molar-refractivity contribution in [3.05, 3.63) is 59.8 Å². The monoisotopic (exact) mass is 350 g/mol. The van der Waals surface area contributed by atoms with Gasteiger partial charge in [-0.2, -0.15) is 0 Å². The van der Waals surface area contributed by atoms with E-state index in [1.54, 1.807) is 6.92 Å². The second kappa shape index (κ2) is 7.31. The molecule has 2 aromatic carbocycles. The first kappa shape index (κ1) is 17.5. The van der Waals surface area contributed by atoms with Gasteiger partial charge in [-0.1, -0.05) is 36.4 Å². The zero-order chi connectivity index (χ0) is 18.7. The van der Waals surface area contributed by atoms with Crippen LogP contribution in [-0.2, 0) is 18.3 Å². The van der Waals surface area contributed by atoms with Crippen LogP contribution in [0.5, 0.6) is 0 Å². The van der Waals surface area contributed by atoms with E-state index in [-0.39, 0.29) is 18.5 Å². The normalized spacial score (nSPS) is 10.7. The van der Waals surface area contributed by atoms with Gasteiger partial charge in [-0.05, 0) is 30.2 Å². The standard InChI is InChI=1S/C20H22N4O2/c1-3-26-19(25)18-15-11-14(13-7-5-4-6-8-13)9-10-16(15)24(2)17(18)12-23-20(21)22/h4-11H,3,12H2,1-2H3,(H4,21,22,23). The molecule has 1 heterocycles. The number of hydrogen-bond acceptors (Lipinski definition) is 3. The molecule has 0 spiro atoms. The van der Waals surface area contributed by atoms with Gasteiger partial charge >= 0.3 is 5.97 Å². The van der Waals surface area contributed by atoms with Crippen molar-refractivity contribution in [2.24, 2.45) is 12.8 Å². The Morgan fingerprint density at radius 3 is 2.58 bits per heavy atom. The number of benzene rings is 2. The van der Waals surface area contributed by atoms with E-state index in [1.807, 2.05) is 60.1 Å². The molecule has 4 N–H and O–H groups in total.